The third kappa shape index (κ3) is 7.78. The number of carbonyl (C=O) groups excluding carboxylic acids is 1. The van der Waals surface area contributed by atoms with Gasteiger partial charge in [-0.25, -0.2) is 0 Å². The van der Waals surface area contributed by atoms with Crippen molar-refractivity contribution in [3.05, 3.63) is 12.4 Å². The average molecular weight is 293 g/mol. The number of halogens is 1. The Kier molecular flexibility index (Phi) is 10.1. The predicted octanol–water partition coefficient (Wildman–Crippen LogP) is 0.126. The molecule has 1 aromatic rings. The number of amides is 1. The van der Waals surface area contributed by atoms with Gasteiger partial charge < -0.3 is 20.1 Å². The summed E-state index contributed by atoms with van der Waals surface area (Å²) in [5, 5.41) is 9.81. The van der Waals surface area contributed by atoms with Crippen LogP contribution in [-0.2, 0) is 20.8 Å². The lowest BCUT2D eigenvalue weighted by atomic mass is 10.5. The van der Waals surface area contributed by atoms with Crippen LogP contribution in [0.15, 0.2) is 12.4 Å². The Morgan fingerprint density at radius 1 is 1.37 bits per heavy atom. The van der Waals surface area contributed by atoms with Gasteiger partial charge in [-0.1, -0.05) is 0 Å². The highest BCUT2D eigenvalue weighted by Gasteiger charge is 2.03. The van der Waals surface area contributed by atoms with Crippen LogP contribution in [0.4, 0.5) is 5.69 Å². The molecule has 0 radical (unpaired) electrons. The fourth-order valence-corrected chi connectivity index (χ4v) is 1.32. The van der Waals surface area contributed by atoms with E-state index >= 15 is 0 Å². The molecule has 0 unspecified atom stereocenters. The second-order valence-corrected chi connectivity index (χ2v) is 3.70. The molecule has 0 aliphatic rings. The van der Waals surface area contributed by atoms with Crippen LogP contribution in [0.1, 0.15) is 0 Å². The molecular formula is C11H21ClN4O3. The molecule has 0 aliphatic heterocycles. The highest BCUT2D eigenvalue weighted by Crippen LogP contribution is 2.03. The fraction of sp³-hybridized carbons (Fsp3) is 0.636. The van der Waals surface area contributed by atoms with E-state index in [-0.39, 0.29) is 24.9 Å². The van der Waals surface area contributed by atoms with Crippen molar-refractivity contribution in [3.63, 3.8) is 0 Å². The van der Waals surface area contributed by atoms with Gasteiger partial charge in [0, 0.05) is 27.0 Å². The first kappa shape index (κ1) is 17.8. The molecule has 1 aromatic heterocycles. The Hall–Kier alpha value is -1.15. The Morgan fingerprint density at radius 3 is 2.79 bits per heavy atom. The Balaban J connectivity index is 0.00000324. The molecule has 19 heavy (non-hydrogen) atoms. The van der Waals surface area contributed by atoms with E-state index in [2.05, 4.69) is 15.7 Å². The average Bonchev–Trinajstić information content (AvgIpc) is 2.80. The fourth-order valence-electron chi connectivity index (χ4n) is 1.32. The predicted molar refractivity (Wildman–Crippen MR) is 74.7 cm³/mol. The Morgan fingerprint density at radius 2 is 2.11 bits per heavy atom. The number of ether oxygens (including phenoxy) is 2. The van der Waals surface area contributed by atoms with E-state index in [1.807, 2.05) is 0 Å². The first-order valence-corrected chi connectivity index (χ1v) is 5.77. The minimum Gasteiger partial charge on any atom is -0.383 e. The molecule has 0 saturated carbocycles. The van der Waals surface area contributed by atoms with E-state index in [4.69, 9.17) is 9.47 Å². The molecular weight excluding hydrogens is 272 g/mol. The number of aromatic nitrogens is 2. The first-order chi connectivity index (χ1) is 8.76. The van der Waals surface area contributed by atoms with Gasteiger partial charge in [-0.2, -0.15) is 5.10 Å². The van der Waals surface area contributed by atoms with Crippen molar-refractivity contribution in [2.45, 2.75) is 6.54 Å². The molecule has 1 rings (SSSR count). The van der Waals surface area contributed by atoms with Gasteiger partial charge in [0.05, 0.1) is 38.2 Å². The Bertz CT molecular complexity index is 359. The van der Waals surface area contributed by atoms with Crippen LogP contribution in [0.3, 0.4) is 0 Å². The second kappa shape index (κ2) is 10.7. The second-order valence-electron chi connectivity index (χ2n) is 3.70. The third-order valence-electron chi connectivity index (χ3n) is 2.21. The maximum atomic E-state index is 11.5. The molecule has 0 fully saturated rings. The van der Waals surface area contributed by atoms with Gasteiger partial charge in [-0.3, -0.25) is 9.48 Å². The van der Waals surface area contributed by atoms with Gasteiger partial charge in [0.15, 0.2) is 0 Å². The Labute approximate surface area is 119 Å². The minimum atomic E-state index is -0.0996. The standard InChI is InChI=1S/C11H20N4O3.ClH/c1-17-5-3-12-8-11(16)14-10-7-13-15(9-10)4-6-18-2;/h7,9,12H,3-6,8H2,1-2H3,(H,14,16);1H. The molecule has 0 spiro atoms. The van der Waals surface area contributed by atoms with E-state index in [1.165, 1.54) is 0 Å². The van der Waals surface area contributed by atoms with E-state index in [9.17, 15) is 4.79 Å². The van der Waals surface area contributed by atoms with Gasteiger partial charge in [-0.05, 0) is 0 Å². The molecule has 7 nitrogen and oxygen atoms in total. The monoisotopic (exact) mass is 292 g/mol. The number of hydrogen-bond donors (Lipinski definition) is 2. The summed E-state index contributed by atoms with van der Waals surface area (Å²) < 4.78 is 11.5. The molecule has 110 valence electrons. The summed E-state index contributed by atoms with van der Waals surface area (Å²) in [6.07, 6.45) is 3.38. The maximum Gasteiger partial charge on any atom is 0.238 e. The summed E-state index contributed by atoms with van der Waals surface area (Å²) >= 11 is 0. The zero-order chi connectivity index (χ0) is 13.2. The summed E-state index contributed by atoms with van der Waals surface area (Å²) in [4.78, 5) is 11.5. The van der Waals surface area contributed by atoms with Crippen LogP contribution in [-0.4, -0.2) is 56.2 Å². The molecule has 0 saturated heterocycles. The molecule has 2 N–H and O–H groups in total. The molecule has 1 heterocycles. The summed E-state index contributed by atoms with van der Waals surface area (Å²) in [5.41, 5.74) is 0.685. The van der Waals surface area contributed by atoms with Crippen LogP contribution in [0.25, 0.3) is 0 Å². The van der Waals surface area contributed by atoms with Gasteiger partial charge >= 0.3 is 0 Å². The van der Waals surface area contributed by atoms with Gasteiger partial charge in [0.25, 0.3) is 0 Å². The lowest BCUT2D eigenvalue weighted by Gasteiger charge is -2.04. The third-order valence-corrected chi connectivity index (χ3v) is 2.21. The lowest BCUT2D eigenvalue weighted by molar-refractivity contribution is -0.115. The summed E-state index contributed by atoms with van der Waals surface area (Å²) in [6, 6.07) is 0. The largest absolute Gasteiger partial charge is 0.383 e. The first-order valence-electron chi connectivity index (χ1n) is 5.77. The quantitative estimate of drug-likeness (QED) is 0.633. The molecule has 8 heteroatoms. The van der Waals surface area contributed by atoms with Crippen molar-refractivity contribution in [2.75, 3.05) is 45.8 Å². The van der Waals surface area contributed by atoms with Crippen molar-refractivity contribution in [1.82, 2.24) is 15.1 Å². The van der Waals surface area contributed by atoms with E-state index < -0.39 is 0 Å². The summed E-state index contributed by atoms with van der Waals surface area (Å²) in [5.74, 6) is -0.0996. The summed E-state index contributed by atoms with van der Waals surface area (Å²) in [7, 11) is 3.26. The molecule has 1 amide bonds. The van der Waals surface area contributed by atoms with Crippen molar-refractivity contribution in [3.8, 4) is 0 Å². The highest BCUT2D eigenvalue weighted by molar-refractivity contribution is 5.91. The minimum absolute atomic E-state index is 0. The smallest absolute Gasteiger partial charge is 0.238 e. The van der Waals surface area contributed by atoms with E-state index in [1.54, 1.807) is 31.3 Å². The van der Waals surface area contributed by atoms with Gasteiger partial charge in [0.1, 0.15) is 0 Å². The van der Waals surface area contributed by atoms with Crippen LogP contribution < -0.4 is 10.6 Å². The van der Waals surface area contributed by atoms with Crippen molar-refractivity contribution in [2.24, 2.45) is 0 Å². The maximum absolute atomic E-state index is 11.5. The van der Waals surface area contributed by atoms with Crippen LogP contribution in [0.5, 0.6) is 0 Å². The molecule has 0 aliphatic carbocycles. The zero-order valence-corrected chi connectivity index (χ0v) is 12.0. The number of carbonyl (C=O) groups is 1. The van der Waals surface area contributed by atoms with E-state index in [0.29, 0.717) is 32.0 Å². The number of nitrogens with zero attached hydrogens (tertiary/aromatic N) is 2. The van der Waals surface area contributed by atoms with Crippen molar-refractivity contribution in [1.29, 1.82) is 0 Å². The molecule has 0 bridgehead atoms. The molecule has 0 aromatic carbocycles. The number of anilines is 1. The van der Waals surface area contributed by atoms with Crippen LogP contribution in [0.2, 0.25) is 0 Å². The van der Waals surface area contributed by atoms with Gasteiger partial charge in [-0.15, -0.1) is 12.4 Å². The zero-order valence-electron chi connectivity index (χ0n) is 11.2. The van der Waals surface area contributed by atoms with Crippen LogP contribution in [0, 0.1) is 0 Å². The van der Waals surface area contributed by atoms with Crippen molar-refractivity contribution >= 4 is 24.0 Å². The van der Waals surface area contributed by atoms with Crippen molar-refractivity contribution < 1.29 is 14.3 Å². The number of hydrogen-bond acceptors (Lipinski definition) is 5. The topological polar surface area (TPSA) is 77.4 Å². The molecule has 0 atom stereocenters. The highest BCUT2D eigenvalue weighted by atomic mass is 35.5. The summed E-state index contributed by atoms with van der Waals surface area (Å²) in [6.45, 7) is 2.75. The van der Waals surface area contributed by atoms with Crippen LogP contribution >= 0.6 is 12.4 Å². The lowest BCUT2D eigenvalue weighted by Crippen LogP contribution is -2.30. The van der Waals surface area contributed by atoms with E-state index in [0.717, 1.165) is 0 Å². The number of methoxy groups -OCH3 is 2. The van der Waals surface area contributed by atoms with Gasteiger partial charge in [0.2, 0.25) is 5.91 Å². The SMILES string of the molecule is COCCNCC(=O)Nc1cnn(CCOC)c1.Cl. The number of nitrogens with one attached hydrogen (secondary N) is 2. The normalized spacial score (nSPS) is 10.0. The number of rotatable bonds is 9.